The quantitative estimate of drug-likeness (QED) is 0.395. The van der Waals surface area contributed by atoms with Crippen LogP contribution < -0.4 is 0 Å². The second-order valence-corrected chi connectivity index (χ2v) is 8.87. The molecule has 1 aliphatic heterocycles. The molecule has 0 saturated heterocycles. The van der Waals surface area contributed by atoms with Crippen molar-refractivity contribution in [3.8, 4) is 11.3 Å². The van der Waals surface area contributed by atoms with Gasteiger partial charge in [0.25, 0.3) is 5.91 Å². The molecule has 1 amide bonds. The highest BCUT2D eigenvalue weighted by molar-refractivity contribution is 6.05. The first-order valence-electron chi connectivity index (χ1n) is 11.6. The summed E-state index contributed by atoms with van der Waals surface area (Å²) < 4.78 is 45.1. The van der Waals surface area contributed by atoms with Crippen LogP contribution in [0, 0.1) is 17.5 Å². The Hall–Kier alpha value is -3.69. The maximum absolute atomic E-state index is 14.1. The number of hydrogen-bond donors (Lipinski definition) is 0. The van der Waals surface area contributed by atoms with Gasteiger partial charge in [-0.2, -0.15) is 5.10 Å². The number of aromatic nitrogens is 5. The molecule has 0 aliphatic carbocycles. The second kappa shape index (κ2) is 8.51. The lowest BCUT2D eigenvalue weighted by Crippen LogP contribution is -2.47. The van der Waals surface area contributed by atoms with Crippen LogP contribution in [0.5, 0.6) is 0 Å². The van der Waals surface area contributed by atoms with Gasteiger partial charge in [-0.15, -0.1) is 0 Å². The lowest BCUT2D eigenvalue weighted by Gasteiger charge is -2.41. The predicted octanol–water partition coefficient (Wildman–Crippen LogP) is 4.71. The zero-order chi connectivity index (χ0) is 25.0. The first kappa shape index (κ1) is 23.1. The van der Waals surface area contributed by atoms with Gasteiger partial charge >= 0.3 is 0 Å². The zero-order valence-electron chi connectivity index (χ0n) is 19.9. The molecule has 0 radical (unpaired) electrons. The van der Waals surface area contributed by atoms with Gasteiger partial charge in [0.2, 0.25) is 0 Å². The largest absolute Gasteiger partial charge is 0.333 e. The van der Waals surface area contributed by atoms with E-state index in [0.717, 1.165) is 17.7 Å². The molecule has 0 saturated carbocycles. The van der Waals surface area contributed by atoms with E-state index in [1.165, 1.54) is 0 Å². The van der Waals surface area contributed by atoms with E-state index in [2.05, 4.69) is 15.1 Å². The molecule has 7 nitrogen and oxygen atoms in total. The minimum absolute atomic E-state index is 0.161. The molecule has 10 heteroatoms. The number of halogens is 3. The van der Waals surface area contributed by atoms with E-state index in [0.29, 0.717) is 47.4 Å². The van der Waals surface area contributed by atoms with Crippen molar-refractivity contribution < 1.29 is 18.0 Å². The molecule has 0 N–H and O–H groups in total. The van der Waals surface area contributed by atoms with Gasteiger partial charge in [0, 0.05) is 49.9 Å². The van der Waals surface area contributed by atoms with E-state index >= 15 is 0 Å². The standard InChI is InChI=1S/C25H25F3N6O/c1-5-14-11-15-21(31-33(4)23(15)13-9-17(26)20(28)18(27)10-13)19(6-2)34(14)25(35)16-12-32(3)24-22(16)29-7-8-30-24/h7-10,12,14,19H,5-6,11H2,1-4H3. The summed E-state index contributed by atoms with van der Waals surface area (Å²) >= 11 is 0. The van der Waals surface area contributed by atoms with Crippen LogP contribution in [-0.4, -0.2) is 41.2 Å². The molecule has 2 atom stereocenters. The highest BCUT2D eigenvalue weighted by Crippen LogP contribution is 2.41. The Bertz CT molecular complexity index is 1440. The molecule has 3 aromatic heterocycles. The summed E-state index contributed by atoms with van der Waals surface area (Å²) in [6, 6.07) is 1.46. The third-order valence-corrected chi connectivity index (χ3v) is 6.83. The minimum Gasteiger partial charge on any atom is -0.333 e. The van der Waals surface area contributed by atoms with Crippen LogP contribution in [0.15, 0.2) is 30.7 Å². The predicted molar refractivity (Wildman–Crippen MR) is 124 cm³/mol. The van der Waals surface area contributed by atoms with E-state index in [9.17, 15) is 18.0 Å². The lowest BCUT2D eigenvalue weighted by molar-refractivity contribution is 0.0514. The van der Waals surface area contributed by atoms with Crippen molar-refractivity contribution in [3.63, 3.8) is 0 Å². The van der Waals surface area contributed by atoms with Crippen LogP contribution in [0.3, 0.4) is 0 Å². The maximum Gasteiger partial charge on any atom is 0.258 e. The number of rotatable bonds is 4. The van der Waals surface area contributed by atoms with E-state index in [1.54, 1.807) is 34.9 Å². The Kier molecular flexibility index (Phi) is 5.61. The smallest absolute Gasteiger partial charge is 0.258 e. The number of nitrogens with zero attached hydrogens (tertiary/aromatic N) is 6. The average molecular weight is 483 g/mol. The molecule has 5 rings (SSSR count). The van der Waals surface area contributed by atoms with Crippen LogP contribution in [0.2, 0.25) is 0 Å². The van der Waals surface area contributed by atoms with Crippen molar-refractivity contribution >= 4 is 17.1 Å². The summed E-state index contributed by atoms with van der Waals surface area (Å²) in [5, 5.41) is 4.68. The van der Waals surface area contributed by atoms with E-state index < -0.39 is 17.5 Å². The third kappa shape index (κ3) is 3.50. The molecular formula is C25H25F3N6O. The van der Waals surface area contributed by atoms with E-state index in [-0.39, 0.29) is 23.6 Å². The minimum atomic E-state index is -1.50. The van der Waals surface area contributed by atoms with Crippen molar-refractivity contribution in [2.45, 2.75) is 45.2 Å². The molecular weight excluding hydrogens is 457 g/mol. The van der Waals surface area contributed by atoms with E-state index in [4.69, 9.17) is 0 Å². The van der Waals surface area contributed by atoms with Crippen LogP contribution >= 0.6 is 0 Å². The topological polar surface area (TPSA) is 68.8 Å². The summed E-state index contributed by atoms with van der Waals surface area (Å²) in [6.45, 7) is 3.97. The van der Waals surface area contributed by atoms with Crippen LogP contribution in [0.25, 0.3) is 22.4 Å². The number of carbonyl (C=O) groups is 1. The molecule has 0 fully saturated rings. The van der Waals surface area contributed by atoms with Gasteiger partial charge in [-0.05, 0) is 31.4 Å². The Morgan fingerprint density at radius 1 is 1.06 bits per heavy atom. The molecule has 0 spiro atoms. The second-order valence-electron chi connectivity index (χ2n) is 8.87. The number of amides is 1. The fraction of sp³-hybridized carbons (Fsp3) is 0.360. The Morgan fingerprint density at radius 2 is 1.74 bits per heavy atom. The van der Waals surface area contributed by atoms with Gasteiger partial charge < -0.3 is 9.47 Å². The molecule has 4 heterocycles. The summed E-state index contributed by atoms with van der Waals surface area (Å²) in [5.41, 5.74) is 3.86. The van der Waals surface area contributed by atoms with Crippen molar-refractivity contribution in [3.05, 3.63) is 65.0 Å². The van der Waals surface area contributed by atoms with E-state index in [1.807, 2.05) is 25.8 Å². The third-order valence-electron chi connectivity index (χ3n) is 6.83. The number of fused-ring (bicyclic) bond motifs is 2. The van der Waals surface area contributed by atoms with Gasteiger partial charge in [-0.1, -0.05) is 13.8 Å². The Balaban J connectivity index is 1.64. The van der Waals surface area contributed by atoms with Crippen molar-refractivity contribution in [1.29, 1.82) is 0 Å². The molecule has 2 unspecified atom stereocenters. The molecule has 1 aliphatic rings. The maximum atomic E-state index is 14.1. The zero-order valence-corrected chi connectivity index (χ0v) is 19.9. The highest BCUT2D eigenvalue weighted by Gasteiger charge is 2.41. The average Bonchev–Trinajstić information content (AvgIpc) is 3.36. The van der Waals surface area contributed by atoms with Crippen molar-refractivity contribution in [2.75, 3.05) is 0 Å². The van der Waals surface area contributed by atoms with Crippen LogP contribution in [-0.2, 0) is 20.5 Å². The summed E-state index contributed by atoms with van der Waals surface area (Å²) in [6.07, 6.45) is 6.61. The van der Waals surface area contributed by atoms with Gasteiger partial charge in [-0.25, -0.2) is 18.2 Å². The van der Waals surface area contributed by atoms with Gasteiger partial charge in [0.1, 0.15) is 5.52 Å². The lowest BCUT2D eigenvalue weighted by atomic mass is 9.87. The summed E-state index contributed by atoms with van der Waals surface area (Å²) in [5.74, 6) is -4.17. The first-order valence-corrected chi connectivity index (χ1v) is 11.6. The number of benzene rings is 1. The fourth-order valence-corrected chi connectivity index (χ4v) is 5.26. The number of carbonyl (C=O) groups excluding carboxylic acids is 1. The Morgan fingerprint density at radius 3 is 2.40 bits per heavy atom. The number of aryl methyl sites for hydroxylation is 2. The molecule has 4 aromatic rings. The Labute approximate surface area is 200 Å². The van der Waals surface area contributed by atoms with Crippen LogP contribution in [0.1, 0.15) is 54.3 Å². The SMILES string of the molecule is CCC1Cc2c(nn(C)c2-c2cc(F)c(F)c(F)c2)C(CC)N1C(=O)c1cn(C)c2nccnc12. The normalized spacial score (nSPS) is 17.7. The highest BCUT2D eigenvalue weighted by atomic mass is 19.2. The summed E-state index contributed by atoms with van der Waals surface area (Å²) in [7, 11) is 3.51. The molecule has 35 heavy (non-hydrogen) atoms. The van der Waals surface area contributed by atoms with Gasteiger partial charge in [0.05, 0.1) is 23.0 Å². The molecule has 182 valence electrons. The van der Waals surface area contributed by atoms with Crippen LogP contribution in [0.4, 0.5) is 13.2 Å². The van der Waals surface area contributed by atoms with Gasteiger partial charge in [0.15, 0.2) is 23.1 Å². The van der Waals surface area contributed by atoms with Gasteiger partial charge in [-0.3, -0.25) is 14.5 Å². The first-order chi connectivity index (χ1) is 16.8. The van der Waals surface area contributed by atoms with Crippen molar-refractivity contribution in [2.24, 2.45) is 14.1 Å². The molecule has 0 bridgehead atoms. The summed E-state index contributed by atoms with van der Waals surface area (Å²) in [4.78, 5) is 24.5. The van der Waals surface area contributed by atoms with Crippen molar-refractivity contribution in [1.82, 2.24) is 29.2 Å². The monoisotopic (exact) mass is 482 g/mol. The fourth-order valence-electron chi connectivity index (χ4n) is 5.26. The number of hydrogen-bond acceptors (Lipinski definition) is 4. The molecule has 1 aromatic carbocycles.